The highest BCUT2D eigenvalue weighted by Crippen LogP contribution is 2.28. The van der Waals surface area contributed by atoms with Gasteiger partial charge in [0.25, 0.3) is 0 Å². The van der Waals surface area contributed by atoms with E-state index in [1.54, 1.807) is 18.2 Å². The molecule has 1 aromatic rings. The quantitative estimate of drug-likeness (QED) is 0.716. The maximum atomic E-state index is 9.53. The van der Waals surface area contributed by atoms with Gasteiger partial charge in [0.2, 0.25) is 0 Å². The predicted molar refractivity (Wildman–Crippen MR) is 58.3 cm³/mol. The molecule has 0 aliphatic rings. The molecule has 14 heavy (non-hydrogen) atoms. The van der Waals surface area contributed by atoms with Crippen LogP contribution < -0.4 is 11.5 Å². The van der Waals surface area contributed by atoms with Gasteiger partial charge >= 0.3 is 0 Å². The molecule has 0 aliphatic heterocycles. The Balaban J connectivity index is 2.77. The van der Waals surface area contributed by atoms with E-state index in [0.29, 0.717) is 17.1 Å². The van der Waals surface area contributed by atoms with E-state index < -0.39 is 0 Å². The first kappa shape index (κ1) is 11.3. The van der Waals surface area contributed by atoms with E-state index in [1.165, 1.54) is 0 Å². The Morgan fingerprint density at radius 2 is 2.14 bits per heavy atom. The summed E-state index contributed by atoms with van der Waals surface area (Å²) < 4.78 is 0. The summed E-state index contributed by atoms with van der Waals surface area (Å²) in [6.07, 6.45) is 1.59. The van der Waals surface area contributed by atoms with Crippen LogP contribution in [-0.4, -0.2) is 11.7 Å². The fraction of sp³-hybridized carbons (Fsp3) is 0.400. The molecule has 0 saturated heterocycles. The summed E-state index contributed by atoms with van der Waals surface area (Å²) in [6, 6.07) is 4.69. The number of hydrogen-bond donors (Lipinski definition) is 3. The number of aromatic hydroxyl groups is 1. The third-order valence-corrected chi connectivity index (χ3v) is 2.34. The molecule has 0 spiro atoms. The minimum absolute atomic E-state index is 0.193. The first-order chi connectivity index (χ1) is 6.65. The van der Waals surface area contributed by atoms with Crippen molar-refractivity contribution in [3.63, 3.8) is 0 Å². The largest absolute Gasteiger partial charge is 0.508 e. The normalized spacial score (nSPS) is 12.8. The Labute approximate surface area is 88.7 Å². The van der Waals surface area contributed by atoms with E-state index in [0.717, 1.165) is 12.8 Å². The zero-order valence-electron chi connectivity index (χ0n) is 7.91. The Morgan fingerprint density at radius 1 is 1.43 bits per heavy atom. The smallest absolute Gasteiger partial charge is 0.120 e. The summed E-state index contributed by atoms with van der Waals surface area (Å²) in [4.78, 5) is 0. The molecule has 3 nitrogen and oxygen atoms in total. The van der Waals surface area contributed by atoms with Crippen molar-refractivity contribution in [2.45, 2.75) is 18.9 Å². The van der Waals surface area contributed by atoms with Crippen LogP contribution in [0.15, 0.2) is 18.2 Å². The Kier molecular flexibility index (Phi) is 4.20. The fourth-order valence-corrected chi connectivity index (χ4v) is 1.50. The number of benzene rings is 1. The SMILES string of the molecule is NCCC[C@@H](N)c1cc(Cl)ccc1O. The summed E-state index contributed by atoms with van der Waals surface area (Å²) in [7, 11) is 0. The van der Waals surface area contributed by atoms with Gasteiger partial charge in [0, 0.05) is 16.6 Å². The van der Waals surface area contributed by atoms with Gasteiger partial charge in [-0.05, 0) is 37.6 Å². The molecule has 0 aliphatic carbocycles. The lowest BCUT2D eigenvalue weighted by molar-refractivity contribution is 0.457. The third-order valence-electron chi connectivity index (χ3n) is 2.11. The van der Waals surface area contributed by atoms with Crippen LogP contribution >= 0.6 is 11.6 Å². The van der Waals surface area contributed by atoms with E-state index in [9.17, 15) is 5.11 Å². The average Bonchev–Trinajstić information content (AvgIpc) is 2.18. The van der Waals surface area contributed by atoms with Crippen LogP contribution in [0.1, 0.15) is 24.4 Å². The van der Waals surface area contributed by atoms with Crippen LogP contribution in [0, 0.1) is 0 Å². The lowest BCUT2D eigenvalue weighted by Gasteiger charge is -2.13. The highest BCUT2D eigenvalue weighted by molar-refractivity contribution is 6.30. The van der Waals surface area contributed by atoms with Crippen molar-refractivity contribution in [3.05, 3.63) is 28.8 Å². The molecule has 0 bridgehead atoms. The Morgan fingerprint density at radius 3 is 2.79 bits per heavy atom. The van der Waals surface area contributed by atoms with E-state index in [2.05, 4.69) is 0 Å². The summed E-state index contributed by atoms with van der Waals surface area (Å²) in [5.41, 5.74) is 11.9. The molecule has 78 valence electrons. The van der Waals surface area contributed by atoms with Gasteiger partial charge in [0.1, 0.15) is 5.75 Å². The molecule has 0 amide bonds. The molecule has 0 fully saturated rings. The van der Waals surface area contributed by atoms with Crippen molar-refractivity contribution in [1.29, 1.82) is 0 Å². The molecule has 0 radical (unpaired) electrons. The summed E-state index contributed by atoms with van der Waals surface area (Å²) in [6.45, 7) is 0.606. The predicted octanol–water partition coefficient (Wildman–Crippen LogP) is 1.78. The molecule has 0 aromatic heterocycles. The molecule has 1 atom stereocenters. The van der Waals surface area contributed by atoms with E-state index in [1.807, 2.05) is 0 Å². The molecular formula is C10H15ClN2O. The molecule has 4 heteroatoms. The number of nitrogens with two attached hydrogens (primary N) is 2. The molecular weight excluding hydrogens is 200 g/mol. The van der Waals surface area contributed by atoms with Gasteiger partial charge in [0.15, 0.2) is 0 Å². The standard InChI is InChI=1S/C10H15ClN2O/c11-7-3-4-10(14)8(6-7)9(13)2-1-5-12/h3-4,6,9,14H,1-2,5,12-13H2/t9-/m1/s1. The van der Waals surface area contributed by atoms with Gasteiger partial charge in [-0.15, -0.1) is 0 Å². The molecule has 0 unspecified atom stereocenters. The van der Waals surface area contributed by atoms with E-state index >= 15 is 0 Å². The van der Waals surface area contributed by atoms with Crippen LogP contribution in [0.5, 0.6) is 5.75 Å². The van der Waals surface area contributed by atoms with Crippen LogP contribution in [-0.2, 0) is 0 Å². The Bertz CT molecular complexity index is 304. The molecule has 0 heterocycles. The second-order valence-corrected chi connectivity index (χ2v) is 3.68. The van der Waals surface area contributed by atoms with Crippen molar-refractivity contribution in [2.24, 2.45) is 11.5 Å². The van der Waals surface area contributed by atoms with Gasteiger partial charge < -0.3 is 16.6 Å². The molecule has 1 aromatic carbocycles. The van der Waals surface area contributed by atoms with Gasteiger partial charge in [-0.1, -0.05) is 11.6 Å². The second-order valence-electron chi connectivity index (χ2n) is 3.24. The molecule has 1 rings (SSSR count). The number of hydrogen-bond acceptors (Lipinski definition) is 3. The average molecular weight is 215 g/mol. The first-order valence-corrected chi connectivity index (χ1v) is 4.97. The second kappa shape index (κ2) is 5.20. The fourth-order valence-electron chi connectivity index (χ4n) is 1.32. The lowest BCUT2D eigenvalue weighted by atomic mass is 10.0. The van der Waals surface area contributed by atoms with Crippen molar-refractivity contribution in [1.82, 2.24) is 0 Å². The maximum absolute atomic E-state index is 9.53. The number of rotatable bonds is 4. The summed E-state index contributed by atoms with van der Waals surface area (Å²) in [5, 5.41) is 10.1. The number of phenolic OH excluding ortho intramolecular Hbond substituents is 1. The zero-order chi connectivity index (χ0) is 10.6. The van der Waals surface area contributed by atoms with Crippen molar-refractivity contribution < 1.29 is 5.11 Å². The van der Waals surface area contributed by atoms with Crippen LogP contribution in [0.4, 0.5) is 0 Å². The zero-order valence-corrected chi connectivity index (χ0v) is 8.67. The van der Waals surface area contributed by atoms with Crippen molar-refractivity contribution in [3.8, 4) is 5.75 Å². The highest BCUT2D eigenvalue weighted by Gasteiger charge is 2.10. The highest BCUT2D eigenvalue weighted by atomic mass is 35.5. The van der Waals surface area contributed by atoms with Crippen LogP contribution in [0.3, 0.4) is 0 Å². The van der Waals surface area contributed by atoms with Crippen LogP contribution in [0.25, 0.3) is 0 Å². The maximum Gasteiger partial charge on any atom is 0.120 e. The first-order valence-electron chi connectivity index (χ1n) is 4.59. The van der Waals surface area contributed by atoms with Crippen molar-refractivity contribution >= 4 is 11.6 Å². The van der Waals surface area contributed by atoms with Gasteiger partial charge in [-0.25, -0.2) is 0 Å². The Hall–Kier alpha value is -0.770. The molecule has 5 N–H and O–H groups in total. The minimum Gasteiger partial charge on any atom is -0.508 e. The lowest BCUT2D eigenvalue weighted by Crippen LogP contribution is -2.12. The van der Waals surface area contributed by atoms with E-state index in [-0.39, 0.29) is 11.8 Å². The van der Waals surface area contributed by atoms with Gasteiger partial charge in [0.05, 0.1) is 0 Å². The molecule has 0 saturated carbocycles. The van der Waals surface area contributed by atoms with Crippen LogP contribution in [0.2, 0.25) is 5.02 Å². The third kappa shape index (κ3) is 2.87. The number of halogens is 1. The number of phenols is 1. The summed E-state index contributed by atoms with van der Waals surface area (Å²) in [5.74, 6) is 0.193. The minimum atomic E-state index is -0.197. The monoisotopic (exact) mass is 214 g/mol. The van der Waals surface area contributed by atoms with Gasteiger partial charge in [-0.2, -0.15) is 0 Å². The van der Waals surface area contributed by atoms with E-state index in [4.69, 9.17) is 23.1 Å². The van der Waals surface area contributed by atoms with Gasteiger partial charge in [-0.3, -0.25) is 0 Å². The topological polar surface area (TPSA) is 72.3 Å². The summed E-state index contributed by atoms with van der Waals surface area (Å²) >= 11 is 5.80. The van der Waals surface area contributed by atoms with Crippen molar-refractivity contribution in [2.75, 3.05) is 6.54 Å².